The number of nitrogens with two attached hydrogens (primary N) is 1. The molecule has 0 bridgehead atoms. The molecular formula is C4H12NY-. The Bertz CT molecular complexity index is 12.3. The first kappa shape index (κ1) is 15.7. The Morgan fingerprint density at radius 1 is 1.33 bits per heavy atom. The van der Waals surface area contributed by atoms with Gasteiger partial charge in [0.25, 0.3) is 0 Å². The van der Waals surface area contributed by atoms with Gasteiger partial charge in [0.2, 0.25) is 0 Å². The summed E-state index contributed by atoms with van der Waals surface area (Å²) in [6.45, 7) is 3.72. The summed E-state index contributed by atoms with van der Waals surface area (Å²) in [6.07, 6.45) is 0. The molecule has 0 unspecified atom stereocenters. The van der Waals surface area contributed by atoms with E-state index in [9.17, 15) is 0 Å². The van der Waals surface area contributed by atoms with Crippen molar-refractivity contribution < 1.29 is 32.7 Å². The van der Waals surface area contributed by atoms with Crippen LogP contribution in [0.1, 0.15) is 21.3 Å². The summed E-state index contributed by atoms with van der Waals surface area (Å²) >= 11 is 0. The quantitative estimate of drug-likeness (QED) is 0.532. The van der Waals surface area contributed by atoms with E-state index in [2.05, 4.69) is 0 Å². The van der Waals surface area contributed by atoms with Gasteiger partial charge in [0.05, 0.1) is 0 Å². The molecule has 37 valence electrons. The molecule has 0 saturated heterocycles. The summed E-state index contributed by atoms with van der Waals surface area (Å²) < 4.78 is 0. The third-order valence-electron chi connectivity index (χ3n) is 0. The zero-order chi connectivity index (χ0) is 3.58. The molecule has 2 N–H and O–H groups in total. The molecule has 0 aliphatic rings. The predicted octanol–water partition coefficient (Wildman–Crippen LogP) is 1.15. The maximum atomic E-state index is 5.03. The SMILES string of the molecule is C.C[C-](C)N.[Y]. The normalized spacial score (nSPS) is 6.00. The smallest absolute Gasteiger partial charge is 0 e. The third-order valence-corrected chi connectivity index (χ3v) is 0. The van der Waals surface area contributed by atoms with Crippen LogP contribution in [0.5, 0.6) is 0 Å². The van der Waals surface area contributed by atoms with Gasteiger partial charge in [-0.2, -0.15) is 13.8 Å². The minimum atomic E-state index is 0. The Morgan fingerprint density at radius 2 is 1.33 bits per heavy atom. The molecule has 0 atom stereocenters. The van der Waals surface area contributed by atoms with Gasteiger partial charge in [-0.05, 0) is 0 Å². The van der Waals surface area contributed by atoms with Crippen LogP contribution >= 0.6 is 0 Å². The van der Waals surface area contributed by atoms with Crippen molar-refractivity contribution in [2.24, 2.45) is 5.73 Å². The fourth-order valence-electron chi connectivity index (χ4n) is 0. The Morgan fingerprint density at radius 3 is 1.33 bits per heavy atom. The van der Waals surface area contributed by atoms with E-state index in [1.54, 1.807) is 0 Å². The molecule has 6 heavy (non-hydrogen) atoms. The van der Waals surface area contributed by atoms with Crippen molar-refractivity contribution in [2.75, 3.05) is 0 Å². The molecule has 0 fully saturated rings. The van der Waals surface area contributed by atoms with E-state index >= 15 is 0 Å². The summed E-state index contributed by atoms with van der Waals surface area (Å²) in [5.41, 5.74) is 5.03. The molecule has 0 aliphatic carbocycles. The van der Waals surface area contributed by atoms with Gasteiger partial charge in [-0.25, -0.2) is 0 Å². The Kier molecular flexibility index (Phi) is 24.7. The van der Waals surface area contributed by atoms with E-state index in [1.165, 1.54) is 0 Å². The zero-order valence-corrected chi connectivity index (χ0v) is 6.49. The van der Waals surface area contributed by atoms with Gasteiger partial charge in [0.1, 0.15) is 0 Å². The fourth-order valence-corrected chi connectivity index (χ4v) is 0. The maximum absolute atomic E-state index is 5.03. The monoisotopic (exact) mass is 163 g/mol. The molecule has 2 heteroatoms. The Labute approximate surface area is 65.6 Å². The number of hydrogen-bond acceptors (Lipinski definition) is 1. The molecule has 0 rings (SSSR count). The number of hydrogen-bond donors (Lipinski definition) is 1. The van der Waals surface area contributed by atoms with E-state index < -0.39 is 0 Å². The molecule has 0 aromatic carbocycles. The Hall–Kier alpha value is 1.06. The van der Waals surface area contributed by atoms with Crippen molar-refractivity contribution in [1.29, 1.82) is 0 Å². The first-order valence-electron chi connectivity index (χ1n) is 1.29. The van der Waals surface area contributed by atoms with Gasteiger partial charge in [0, 0.05) is 32.7 Å². The van der Waals surface area contributed by atoms with E-state index in [0.717, 1.165) is 6.04 Å². The van der Waals surface area contributed by atoms with Crippen LogP contribution in [0.3, 0.4) is 0 Å². The molecule has 0 amide bonds. The first-order valence-corrected chi connectivity index (χ1v) is 1.29. The standard InChI is InChI=1S/C3H8N.CH4.Y/c1-3(2)4;;/h4H2,1-2H3;1H4;/q-1;;. The molecule has 1 radical (unpaired) electrons. The zero-order valence-electron chi connectivity index (χ0n) is 3.65. The van der Waals surface area contributed by atoms with Crippen molar-refractivity contribution in [1.82, 2.24) is 0 Å². The average molecular weight is 163 g/mol. The van der Waals surface area contributed by atoms with Crippen LogP contribution in [0.4, 0.5) is 0 Å². The van der Waals surface area contributed by atoms with Crippen LogP contribution in [-0.2, 0) is 32.7 Å². The van der Waals surface area contributed by atoms with Gasteiger partial charge in [0.15, 0.2) is 0 Å². The summed E-state index contributed by atoms with van der Waals surface area (Å²) in [7, 11) is 0. The van der Waals surface area contributed by atoms with Gasteiger partial charge in [-0.1, -0.05) is 7.43 Å². The predicted molar refractivity (Wildman–Crippen MR) is 25.5 cm³/mol. The van der Waals surface area contributed by atoms with E-state index in [4.69, 9.17) is 5.73 Å². The molecule has 1 nitrogen and oxygen atoms in total. The molecule has 0 heterocycles. The third kappa shape index (κ3) is 73.9. The van der Waals surface area contributed by atoms with Gasteiger partial charge in [-0.15, -0.1) is 0 Å². The summed E-state index contributed by atoms with van der Waals surface area (Å²) in [6, 6.07) is 0.917. The second kappa shape index (κ2) is 9.42. The first-order chi connectivity index (χ1) is 1.73. The molecule has 0 aromatic heterocycles. The van der Waals surface area contributed by atoms with Crippen molar-refractivity contribution >= 4 is 0 Å². The minimum Gasteiger partial charge on any atom is -0.481 e. The largest absolute Gasteiger partial charge is 0.481 e. The van der Waals surface area contributed by atoms with Crippen LogP contribution < -0.4 is 5.73 Å². The second-order valence-electron chi connectivity index (χ2n) is 1.08. The maximum Gasteiger partial charge on any atom is 0 e. The van der Waals surface area contributed by atoms with E-state index in [1.807, 2.05) is 13.8 Å². The molecule has 0 aromatic rings. The summed E-state index contributed by atoms with van der Waals surface area (Å²) in [5.74, 6) is 0. The van der Waals surface area contributed by atoms with Crippen LogP contribution in [0.25, 0.3) is 0 Å². The Balaban J connectivity index is -0.0000000450. The summed E-state index contributed by atoms with van der Waals surface area (Å²) in [4.78, 5) is 0. The van der Waals surface area contributed by atoms with Crippen LogP contribution in [-0.4, -0.2) is 0 Å². The molecule has 0 aliphatic heterocycles. The summed E-state index contributed by atoms with van der Waals surface area (Å²) in [5, 5.41) is 0. The molecule has 0 spiro atoms. The molecule has 0 saturated carbocycles. The molecular weight excluding hydrogens is 151 g/mol. The van der Waals surface area contributed by atoms with E-state index in [0.29, 0.717) is 0 Å². The topological polar surface area (TPSA) is 26.0 Å². The van der Waals surface area contributed by atoms with Crippen LogP contribution in [0.15, 0.2) is 0 Å². The average Bonchev–Trinajstić information content (AvgIpc) is 0.811. The van der Waals surface area contributed by atoms with Crippen molar-refractivity contribution in [2.45, 2.75) is 21.3 Å². The van der Waals surface area contributed by atoms with Crippen LogP contribution in [0.2, 0.25) is 0 Å². The van der Waals surface area contributed by atoms with Gasteiger partial charge >= 0.3 is 0 Å². The fraction of sp³-hybridized carbons (Fsp3) is 0.750. The van der Waals surface area contributed by atoms with Crippen LogP contribution in [0, 0.1) is 6.04 Å². The van der Waals surface area contributed by atoms with Gasteiger partial charge < -0.3 is 5.73 Å². The minimum absolute atomic E-state index is 0. The van der Waals surface area contributed by atoms with E-state index in [-0.39, 0.29) is 40.1 Å². The van der Waals surface area contributed by atoms with Crippen molar-refractivity contribution in [3.8, 4) is 0 Å². The number of rotatable bonds is 0. The van der Waals surface area contributed by atoms with Crippen molar-refractivity contribution in [3.63, 3.8) is 0 Å². The van der Waals surface area contributed by atoms with Crippen molar-refractivity contribution in [3.05, 3.63) is 6.04 Å². The van der Waals surface area contributed by atoms with Gasteiger partial charge in [-0.3, -0.25) is 6.04 Å². The second-order valence-corrected chi connectivity index (χ2v) is 1.08.